The van der Waals surface area contributed by atoms with E-state index in [9.17, 15) is 0 Å². The quantitative estimate of drug-likeness (QED) is 0.685. The molecule has 0 radical (unpaired) electrons. The molecule has 5 heteroatoms. The van der Waals surface area contributed by atoms with Crippen molar-refractivity contribution in [3.8, 4) is 0 Å². The molecule has 2 fully saturated rings. The number of hydrogen-bond acceptors (Lipinski definition) is 2. The number of ether oxygens (including phenoxy) is 1. The van der Waals surface area contributed by atoms with E-state index in [1.807, 2.05) is 19.2 Å². The molecule has 1 aromatic rings. The lowest BCUT2D eigenvalue weighted by Gasteiger charge is -2.37. The standard InChI is InChI=1S/C17H24ClN3O/c1-21(15-5-6-15)16(19)20-12-17(7-9-22-10-8-17)13-3-2-4-14(18)11-13/h2-4,11,15H,5-10,12H2,1H3,(H2,19,20). The van der Waals surface area contributed by atoms with Crippen LogP contribution >= 0.6 is 11.6 Å². The minimum absolute atomic E-state index is 0.0157. The van der Waals surface area contributed by atoms with Crippen LogP contribution in [0.25, 0.3) is 0 Å². The minimum atomic E-state index is -0.0157. The van der Waals surface area contributed by atoms with Crippen LogP contribution in [0, 0.1) is 0 Å². The van der Waals surface area contributed by atoms with Crippen molar-refractivity contribution in [3.05, 3.63) is 34.9 Å². The molecule has 120 valence electrons. The molecular formula is C17H24ClN3O. The Morgan fingerprint density at radius 3 is 2.77 bits per heavy atom. The highest BCUT2D eigenvalue weighted by molar-refractivity contribution is 6.30. The number of benzene rings is 1. The van der Waals surface area contributed by atoms with E-state index < -0.39 is 0 Å². The van der Waals surface area contributed by atoms with E-state index in [0.717, 1.165) is 31.1 Å². The Labute approximate surface area is 137 Å². The van der Waals surface area contributed by atoms with E-state index in [1.165, 1.54) is 18.4 Å². The molecule has 22 heavy (non-hydrogen) atoms. The summed E-state index contributed by atoms with van der Waals surface area (Å²) in [5.41, 5.74) is 7.39. The van der Waals surface area contributed by atoms with Gasteiger partial charge in [-0.1, -0.05) is 23.7 Å². The highest BCUT2D eigenvalue weighted by Crippen LogP contribution is 2.36. The van der Waals surface area contributed by atoms with E-state index >= 15 is 0 Å². The fourth-order valence-electron chi connectivity index (χ4n) is 3.11. The van der Waals surface area contributed by atoms with Gasteiger partial charge in [0.05, 0.1) is 6.54 Å². The van der Waals surface area contributed by atoms with E-state index in [-0.39, 0.29) is 5.41 Å². The lowest BCUT2D eigenvalue weighted by Crippen LogP contribution is -2.40. The zero-order valence-corrected chi connectivity index (χ0v) is 13.9. The summed E-state index contributed by atoms with van der Waals surface area (Å²) in [4.78, 5) is 6.81. The molecule has 1 aliphatic carbocycles. The van der Waals surface area contributed by atoms with Crippen LogP contribution in [-0.2, 0) is 10.2 Å². The summed E-state index contributed by atoms with van der Waals surface area (Å²) in [6, 6.07) is 8.71. The first-order valence-electron chi connectivity index (χ1n) is 7.97. The van der Waals surface area contributed by atoms with Crippen molar-refractivity contribution >= 4 is 17.6 Å². The lowest BCUT2D eigenvalue weighted by atomic mass is 9.74. The van der Waals surface area contributed by atoms with Gasteiger partial charge in [0.1, 0.15) is 0 Å². The number of aliphatic imine (C=N–C) groups is 1. The van der Waals surface area contributed by atoms with Crippen LogP contribution in [0.1, 0.15) is 31.2 Å². The van der Waals surface area contributed by atoms with E-state index in [2.05, 4.69) is 17.0 Å². The number of guanidine groups is 1. The topological polar surface area (TPSA) is 50.8 Å². The van der Waals surface area contributed by atoms with E-state index in [0.29, 0.717) is 18.5 Å². The molecule has 1 heterocycles. The van der Waals surface area contributed by atoms with Crippen LogP contribution < -0.4 is 5.73 Å². The van der Waals surface area contributed by atoms with Crippen LogP contribution in [0.4, 0.5) is 0 Å². The first-order chi connectivity index (χ1) is 10.6. The van der Waals surface area contributed by atoms with Crippen LogP contribution in [-0.4, -0.2) is 43.7 Å². The van der Waals surface area contributed by atoms with Crippen molar-refractivity contribution in [2.45, 2.75) is 37.1 Å². The van der Waals surface area contributed by atoms with Crippen molar-refractivity contribution in [2.24, 2.45) is 10.7 Å². The molecule has 1 saturated heterocycles. The van der Waals surface area contributed by atoms with Crippen molar-refractivity contribution in [3.63, 3.8) is 0 Å². The average Bonchev–Trinajstić information content (AvgIpc) is 3.38. The van der Waals surface area contributed by atoms with Gasteiger partial charge in [-0.05, 0) is 43.4 Å². The Morgan fingerprint density at radius 2 is 2.14 bits per heavy atom. The largest absolute Gasteiger partial charge is 0.381 e. The second-order valence-electron chi connectivity index (χ2n) is 6.42. The molecule has 0 spiro atoms. The molecule has 3 rings (SSSR count). The lowest BCUT2D eigenvalue weighted by molar-refractivity contribution is 0.0530. The molecule has 1 aromatic carbocycles. The molecule has 0 amide bonds. The summed E-state index contributed by atoms with van der Waals surface area (Å²) in [5, 5.41) is 0.774. The molecule has 0 bridgehead atoms. The summed E-state index contributed by atoms with van der Waals surface area (Å²) in [6.07, 6.45) is 4.36. The van der Waals surface area contributed by atoms with Gasteiger partial charge in [0.15, 0.2) is 5.96 Å². The maximum atomic E-state index is 6.19. The van der Waals surface area contributed by atoms with Crippen LogP contribution in [0.2, 0.25) is 5.02 Å². The molecule has 2 N–H and O–H groups in total. The number of nitrogens with zero attached hydrogens (tertiary/aromatic N) is 2. The monoisotopic (exact) mass is 321 g/mol. The fraction of sp³-hybridized carbons (Fsp3) is 0.588. The molecular weight excluding hydrogens is 298 g/mol. The second-order valence-corrected chi connectivity index (χ2v) is 6.86. The summed E-state index contributed by atoms with van der Waals surface area (Å²) in [6.45, 7) is 2.22. The number of hydrogen-bond donors (Lipinski definition) is 1. The van der Waals surface area contributed by atoms with Gasteiger partial charge < -0.3 is 15.4 Å². The molecule has 0 aromatic heterocycles. The SMILES string of the molecule is CN(C(N)=NCC1(c2cccc(Cl)c2)CCOCC1)C1CC1. The zero-order valence-electron chi connectivity index (χ0n) is 13.1. The average molecular weight is 322 g/mol. The summed E-state index contributed by atoms with van der Waals surface area (Å²) >= 11 is 6.19. The molecule has 1 aliphatic heterocycles. The zero-order chi connectivity index (χ0) is 15.6. The maximum Gasteiger partial charge on any atom is 0.191 e. The Kier molecular flexibility index (Phi) is 4.59. The third-order valence-electron chi connectivity index (χ3n) is 4.89. The predicted octanol–water partition coefficient (Wildman–Crippen LogP) is 2.80. The van der Waals surface area contributed by atoms with E-state index in [4.69, 9.17) is 27.1 Å². The Balaban J connectivity index is 1.81. The van der Waals surface area contributed by atoms with Gasteiger partial charge in [-0.3, -0.25) is 4.99 Å². The Bertz CT molecular complexity index is 551. The van der Waals surface area contributed by atoms with Crippen molar-refractivity contribution < 1.29 is 4.74 Å². The van der Waals surface area contributed by atoms with Gasteiger partial charge in [-0.25, -0.2) is 0 Å². The Morgan fingerprint density at radius 1 is 1.41 bits per heavy atom. The van der Waals surface area contributed by atoms with Crippen molar-refractivity contribution in [2.75, 3.05) is 26.8 Å². The Hall–Kier alpha value is -1.26. The van der Waals surface area contributed by atoms with Gasteiger partial charge in [0, 0.05) is 36.7 Å². The van der Waals surface area contributed by atoms with Crippen LogP contribution in [0.5, 0.6) is 0 Å². The minimum Gasteiger partial charge on any atom is -0.381 e. The number of nitrogens with two attached hydrogens (primary N) is 1. The van der Waals surface area contributed by atoms with Gasteiger partial charge >= 0.3 is 0 Å². The molecule has 0 atom stereocenters. The van der Waals surface area contributed by atoms with Gasteiger partial charge in [-0.15, -0.1) is 0 Å². The smallest absolute Gasteiger partial charge is 0.191 e. The maximum absolute atomic E-state index is 6.19. The highest BCUT2D eigenvalue weighted by atomic mass is 35.5. The van der Waals surface area contributed by atoms with Gasteiger partial charge in [-0.2, -0.15) is 0 Å². The molecule has 2 aliphatic rings. The number of rotatable bonds is 4. The normalized spacial score (nSPS) is 21.6. The summed E-state index contributed by atoms with van der Waals surface area (Å²) in [5.74, 6) is 0.649. The van der Waals surface area contributed by atoms with Gasteiger partial charge in [0.2, 0.25) is 0 Å². The van der Waals surface area contributed by atoms with E-state index in [1.54, 1.807) is 0 Å². The van der Waals surface area contributed by atoms with Crippen LogP contribution in [0.15, 0.2) is 29.3 Å². The van der Waals surface area contributed by atoms with Gasteiger partial charge in [0.25, 0.3) is 0 Å². The third kappa shape index (κ3) is 3.39. The first kappa shape index (κ1) is 15.6. The number of halogens is 1. The summed E-state index contributed by atoms with van der Waals surface area (Å²) in [7, 11) is 2.03. The second kappa shape index (κ2) is 6.47. The first-order valence-corrected chi connectivity index (χ1v) is 8.35. The third-order valence-corrected chi connectivity index (χ3v) is 5.12. The molecule has 4 nitrogen and oxygen atoms in total. The molecule has 0 unspecified atom stereocenters. The highest BCUT2D eigenvalue weighted by Gasteiger charge is 2.35. The van der Waals surface area contributed by atoms with Crippen molar-refractivity contribution in [1.29, 1.82) is 0 Å². The predicted molar refractivity (Wildman–Crippen MR) is 90.5 cm³/mol. The molecule has 1 saturated carbocycles. The van der Waals surface area contributed by atoms with Crippen molar-refractivity contribution in [1.82, 2.24) is 4.90 Å². The summed E-state index contributed by atoms with van der Waals surface area (Å²) < 4.78 is 5.56. The van der Waals surface area contributed by atoms with Crippen LogP contribution in [0.3, 0.4) is 0 Å². The fourth-order valence-corrected chi connectivity index (χ4v) is 3.30.